The molecule has 0 aliphatic carbocycles. The van der Waals surface area contributed by atoms with Crippen molar-refractivity contribution < 1.29 is 10.2 Å². The van der Waals surface area contributed by atoms with Crippen LogP contribution in [0.3, 0.4) is 0 Å². The fourth-order valence-electron chi connectivity index (χ4n) is 2.73. The molecule has 24 heavy (non-hydrogen) atoms. The molecule has 0 bridgehead atoms. The highest BCUT2D eigenvalue weighted by atomic mass is 16.3. The average Bonchev–Trinajstić information content (AvgIpc) is 3.35. The molecule has 0 saturated carbocycles. The van der Waals surface area contributed by atoms with Crippen LogP contribution in [-0.2, 0) is 0 Å². The van der Waals surface area contributed by atoms with Gasteiger partial charge in [0.15, 0.2) is 5.66 Å². The van der Waals surface area contributed by atoms with Gasteiger partial charge in [0.05, 0.1) is 18.8 Å². The van der Waals surface area contributed by atoms with E-state index in [1.165, 1.54) is 32.1 Å². The molecule has 136 valence electrons. The minimum absolute atomic E-state index is 0.0715. The molecule has 2 atom stereocenters. The van der Waals surface area contributed by atoms with Gasteiger partial charge in [0.1, 0.15) is 0 Å². The third-order valence-corrected chi connectivity index (χ3v) is 4.46. The fourth-order valence-corrected chi connectivity index (χ4v) is 2.73. The minimum atomic E-state index is -0.749. The zero-order valence-corrected chi connectivity index (χ0v) is 14.7. The number of nitrogens with two attached hydrogens (primary N) is 1. The topological polar surface area (TPSA) is 91.2 Å². The standard InChI is InChI=1S/C19H33N3O2/c1-2-3-11-14-19(21-22-19)15-12-9-7-5-4-6-8-10-13-18(24)17(20)16-23/h1,10,13,17-18,23-24H,3-9,11-12,14-16,20H2/t17-,18+/m0/s1. The first-order valence-electron chi connectivity index (χ1n) is 9.22. The van der Waals surface area contributed by atoms with Gasteiger partial charge in [-0.3, -0.25) is 0 Å². The molecule has 1 rings (SSSR count). The normalized spacial score (nSPS) is 17.8. The van der Waals surface area contributed by atoms with Crippen LogP contribution in [0, 0.1) is 12.3 Å². The van der Waals surface area contributed by atoms with Crippen LogP contribution in [0.15, 0.2) is 22.4 Å². The van der Waals surface area contributed by atoms with E-state index in [1.807, 2.05) is 6.08 Å². The van der Waals surface area contributed by atoms with Crippen LogP contribution in [0.2, 0.25) is 0 Å². The van der Waals surface area contributed by atoms with Crippen molar-refractivity contribution in [2.45, 2.75) is 88.4 Å². The second-order valence-corrected chi connectivity index (χ2v) is 6.67. The number of hydrogen-bond donors (Lipinski definition) is 3. The second-order valence-electron chi connectivity index (χ2n) is 6.67. The zero-order valence-electron chi connectivity index (χ0n) is 14.7. The van der Waals surface area contributed by atoms with E-state index in [2.05, 4.69) is 16.1 Å². The summed E-state index contributed by atoms with van der Waals surface area (Å²) in [7, 11) is 0. The molecular formula is C19H33N3O2. The summed E-state index contributed by atoms with van der Waals surface area (Å²) >= 11 is 0. The summed E-state index contributed by atoms with van der Waals surface area (Å²) in [4.78, 5) is 0. The molecule has 4 N–H and O–H groups in total. The zero-order chi connectivity index (χ0) is 17.7. The molecule has 5 nitrogen and oxygen atoms in total. The minimum Gasteiger partial charge on any atom is -0.395 e. The first kappa shape index (κ1) is 20.8. The van der Waals surface area contributed by atoms with Crippen LogP contribution in [0.4, 0.5) is 0 Å². The SMILES string of the molecule is C#CCCCC1(CCCCCCCCC=C[C@@H](O)[C@@H](N)CO)N=N1. The lowest BCUT2D eigenvalue weighted by atomic mass is 9.98. The number of terminal acetylenes is 1. The molecule has 0 aromatic rings. The molecule has 0 spiro atoms. The maximum atomic E-state index is 9.56. The Labute approximate surface area is 146 Å². The number of aliphatic hydroxyl groups excluding tert-OH is 2. The Morgan fingerprint density at radius 1 is 1.04 bits per heavy atom. The summed E-state index contributed by atoms with van der Waals surface area (Å²) in [6.07, 6.45) is 20.3. The van der Waals surface area contributed by atoms with E-state index >= 15 is 0 Å². The quantitative estimate of drug-likeness (QED) is 0.243. The molecule has 5 heteroatoms. The number of hydrogen-bond acceptors (Lipinski definition) is 5. The molecule has 1 aliphatic heterocycles. The van der Waals surface area contributed by atoms with Crippen molar-refractivity contribution in [3.63, 3.8) is 0 Å². The highest BCUT2D eigenvalue weighted by Gasteiger charge is 2.38. The van der Waals surface area contributed by atoms with Crippen molar-refractivity contribution >= 4 is 0 Å². The third-order valence-electron chi connectivity index (χ3n) is 4.46. The van der Waals surface area contributed by atoms with Gasteiger partial charge in [-0.2, -0.15) is 10.2 Å². The largest absolute Gasteiger partial charge is 0.395 e. The van der Waals surface area contributed by atoms with Gasteiger partial charge in [0, 0.05) is 6.42 Å². The summed E-state index contributed by atoms with van der Waals surface area (Å²) in [6.45, 7) is -0.197. The predicted octanol–water partition coefficient (Wildman–Crippen LogP) is 3.31. The van der Waals surface area contributed by atoms with Crippen LogP contribution in [0.25, 0.3) is 0 Å². The Bertz CT molecular complexity index is 423. The van der Waals surface area contributed by atoms with E-state index in [-0.39, 0.29) is 12.3 Å². The van der Waals surface area contributed by atoms with Crippen molar-refractivity contribution in [3.8, 4) is 12.3 Å². The molecule has 0 fully saturated rings. The van der Waals surface area contributed by atoms with Crippen molar-refractivity contribution in [3.05, 3.63) is 12.2 Å². The molecule has 0 aromatic carbocycles. The lowest BCUT2D eigenvalue weighted by molar-refractivity contribution is 0.144. The fraction of sp³-hybridized carbons (Fsp3) is 0.789. The second kappa shape index (κ2) is 12.2. The number of rotatable bonds is 15. The molecule has 1 aliphatic rings. The predicted molar refractivity (Wildman–Crippen MR) is 97.4 cm³/mol. The van der Waals surface area contributed by atoms with E-state index in [9.17, 15) is 5.11 Å². The first-order valence-corrected chi connectivity index (χ1v) is 9.22. The highest BCUT2D eigenvalue weighted by Crippen LogP contribution is 2.38. The molecule has 0 aromatic heterocycles. The van der Waals surface area contributed by atoms with Crippen LogP contribution >= 0.6 is 0 Å². The summed E-state index contributed by atoms with van der Waals surface area (Å²) in [5.74, 6) is 2.67. The summed E-state index contributed by atoms with van der Waals surface area (Å²) in [5, 5.41) is 26.8. The number of unbranched alkanes of at least 4 members (excludes halogenated alkanes) is 7. The van der Waals surface area contributed by atoms with E-state index < -0.39 is 12.1 Å². The lowest BCUT2D eigenvalue weighted by Gasteiger charge is -2.11. The average molecular weight is 335 g/mol. The van der Waals surface area contributed by atoms with Gasteiger partial charge in [-0.25, -0.2) is 0 Å². The van der Waals surface area contributed by atoms with Crippen LogP contribution in [-0.4, -0.2) is 34.6 Å². The van der Waals surface area contributed by atoms with Crippen molar-refractivity contribution in [2.75, 3.05) is 6.61 Å². The van der Waals surface area contributed by atoms with Crippen molar-refractivity contribution in [1.29, 1.82) is 0 Å². The monoisotopic (exact) mass is 335 g/mol. The Hall–Kier alpha value is -1.22. The van der Waals surface area contributed by atoms with Gasteiger partial charge >= 0.3 is 0 Å². The Morgan fingerprint density at radius 3 is 2.29 bits per heavy atom. The van der Waals surface area contributed by atoms with Crippen molar-refractivity contribution in [1.82, 2.24) is 0 Å². The summed E-state index contributed by atoms with van der Waals surface area (Å²) < 4.78 is 0. The summed E-state index contributed by atoms with van der Waals surface area (Å²) in [6, 6.07) is -0.582. The van der Waals surface area contributed by atoms with Gasteiger partial charge in [-0.15, -0.1) is 12.3 Å². The van der Waals surface area contributed by atoms with Gasteiger partial charge in [0.25, 0.3) is 0 Å². The maximum Gasteiger partial charge on any atom is 0.191 e. The number of allylic oxidation sites excluding steroid dienone is 1. The molecule has 0 radical (unpaired) electrons. The first-order chi connectivity index (χ1) is 11.6. The van der Waals surface area contributed by atoms with Crippen LogP contribution in [0.5, 0.6) is 0 Å². The van der Waals surface area contributed by atoms with Gasteiger partial charge in [-0.1, -0.05) is 37.8 Å². The lowest BCUT2D eigenvalue weighted by Crippen LogP contribution is -2.36. The van der Waals surface area contributed by atoms with E-state index in [0.717, 1.165) is 38.5 Å². The van der Waals surface area contributed by atoms with E-state index in [4.69, 9.17) is 17.3 Å². The van der Waals surface area contributed by atoms with Crippen LogP contribution in [0.1, 0.15) is 70.6 Å². The van der Waals surface area contributed by atoms with Gasteiger partial charge < -0.3 is 15.9 Å². The maximum absolute atomic E-state index is 9.56. The Kier molecular flexibility index (Phi) is 10.6. The van der Waals surface area contributed by atoms with Gasteiger partial charge in [-0.05, 0) is 38.5 Å². The van der Waals surface area contributed by atoms with Gasteiger partial charge in [0.2, 0.25) is 0 Å². The van der Waals surface area contributed by atoms with E-state index in [0.29, 0.717) is 0 Å². The third kappa shape index (κ3) is 9.17. The molecular weight excluding hydrogens is 302 g/mol. The van der Waals surface area contributed by atoms with Crippen molar-refractivity contribution in [2.24, 2.45) is 16.0 Å². The number of aliphatic hydroxyl groups is 2. The molecule has 0 amide bonds. The van der Waals surface area contributed by atoms with E-state index in [1.54, 1.807) is 6.08 Å². The Balaban J connectivity index is 1.89. The highest BCUT2D eigenvalue weighted by molar-refractivity contribution is 4.95. The Morgan fingerprint density at radius 2 is 1.67 bits per heavy atom. The smallest absolute Gasteiger partial charge is 0.191 e. The molecule has 0 saturated heterocycles. The number of nitrogens with zero attached hydrogens (tertiary/aromatic N) is 2. The molecule has 0 unspecified atom stereocenters. The summed E-state index contributed by atoms with van der Waals surface area (Å²) in [5.41, 5.74) is 5.45. The van der Waals surface area contributed by atoms with Crippen LogP contribution < -0.4 is 5.73 Å². The molecule has 1 heterocycles.